The Morgan fingerprint density at radius 2 is 2.00 bits per heavy atom. The van der Waals surface area contributed by atoms with Crippen molar-refractivity contribution in [2.75, 3.05) is 7.05 Å². The van der Waals surface area contributed by atoms with Gasteiger partial charge in [0.05, 0.1) is 0 Å². The molecule has 1 heterocycles. The SMILES string of the molecule is C=C1C=C(NCc2ccccc2O)C=C(C)N1C. The number of rotatable bonds is 3. The molecule has 0 bridgehead atoms. The van der Waals surface area contributed by atoms with E-state index in [9.17, 15) is 5.11 Å². The molecule has 2 N–H and O–H groups in total. The number of para-hydroxylation sites is 1. The van der Waals surface area contributed by atoms with Crippen molar-refractivity contribution in [3.63, 3.8) is 0 Å². The Morgan fingerprint density at radius 1 is 1.28 bits per heavy atom. The fourth-order valence-corrected chi connectivity index (χ4v) is 1.83. The highest BCUT2D eigenvalue weighted by atomic mass is 16.3. The topological polar surface area (TPSA) is 35.5 Å². The Bertz CT molecular complexity index is 529. The van der Waals surface area contributed by atoms with Crippen molar-refractivity contribution in [2.24, 2.45) is 0 Å². The fourth-order valence-electron chi connectivity index (χ4n) is 1.83. The molecule has 1 aromatic carbocycles. The molecule has 0 atom stereocenters. The maximum atomic E-state index is 9.69. The summed E-state index contributed by atoms with van der Waals surface area (Å²) < 4.78 is 0. The van der Waals surface area contributed by atoms with Gasteiger partial charge in [-0.3, -0.25) is 0 Å². The van der Waals surface area contributed by atoms with Crippen LogP contribution >= 0.6 is 0 Å². The number of hydrogen-bond acceptors (Lipinski definition) is 3. The minimum absolute atomic E-state index is 0.318. The van der Waals surface area contributed by atoms with E-state index < -0.39 is 0 Å². The standard InChI is InChI=1S/C15H18N2O/c1-11-8-14(9-12(2)17(11)3)16-10-13-6-4-5-7-15(13)18/h4-9,16,18H,1,10H2,2-3H3. The van der Waals surface area contributed by atoms with Crippen LogP contribution in [0.3, 0.4) is 0 Å². The Kier molecular flexibility index (Phi) is 3.42. The highest BCUT2D eigenvalue weighted by molar-refractivity contribution is 5.37. The van der Waals surface area contributed by atoms with Crippen molar-refractivity contribution < 1.29 is 5.11 Å². The summed E-state index contributed by atoms with van der Waals surface area (Å²) in [4.78, 5) is 2.03. The van der Waals surface area contributed by atoms with E-state index in [-0.39, 0.29) is 0 Å². The summed E-state index contributed by atoms with van der Waals surface area (Å²) in [5.41, 5.74) is 3.99. The number of nitrogens with zero attached hydrogens (tertiary/aromatic N) is 1. The molecule has 1 aliphatic rings. The minimum atomic E-state index is 0.318. The van der Waals surface area contributed by atoms with E-state index in [1.54, 1.807) is 6.07 Å². The van der Waals surface area contributed by atoms with Gasteiger partial charge in [0.2, 0.25) is 0 Å². The molecule has 0 amide bonds. The lowest BCUT2D eigenvalue weighted by Crippen LogP contribution is -2.21. The summed E-state index contributed by atoms with van der Waals surface area (Å²) >= 11 is 0. The third-order valence-electron chi connectivity index (χ3n) is 3.12. The molecule has 1 aliphatic heterocycles. The lowest BCUT2D eigenvalue weighted by Gasteiger charge is -2.25. The maximum absolute atomic E-state index is 9.69. The van der Waals surface area contributed by atoms with E-state index in [2.05, 4.69) is 18.0 Å². The quantitative estimate of drug-likeness (QED) is 0.855. The first-order valence-corrected chi connectivity index (χ1v) is 5.91. The molecule has 0 fully saturated rings. The summed E-state index contributed by atoms with van der Waals surface area (Å²) in [6.07, 6.45) is 4.06. The van der Waals surface area contributed by atoms with Crippen molar-refractivity contribution in [1.29, 1.82) is 0 Å². The van der Waals surface area contributed by atoms with E-state index in [1.165, 1.54) is 0 Å². The molecule has 0 spiro atoms. The van der Waals surface area contributed by atoms with Crippen LogP contribution < -0.4 is 5.32 Å². The van der Waals surface area contributed by atoms with Crippen molar-refractivity contribution >= 4 is 0 Å². The molecule has 94 valence electrons. The average molecular weight is 242 g/mol. The van der Waals surface area contributed by atoms with Crippen LogP contribution in [0.25, 0.3) is 0 Å². The van der Waals surface area contributed by atoms with Crippen molar-refractivity contribution in [2.45, 2.75) is 13.5 Å². The molecule has 0 aliphatic carbocycles. The summed E-state index contributed by atoms with van der Waals surface area (Å²) in [7, 11) is 1.99. The highest BCUT2D eigenvalue weighted by Gasteiger charge is 2.09. The largest absolute Gasteiger partial charge is 0.508 e. The molecular formula is C15H18N2O. The third kappa shape index (κ3) is 2.56. The zero-order chi connectivity index (χ0) is 13.1. The Hall–Kier alpha value is -2.16. The number of benzene rings is 1. The molecule has 0 unspecified atom stereocenters. The van der Waals surface area contributed by atoms with E-state index in [0.29, 0.717) is 12.3 Å². The van der Waals surface area contributed by atoms with E-state index >= 15 is 0 Å². The van der Waals surface area contributed by atoms with Gasteiger partial charge < -0.3 is 15.3 Å². The average Bonchev–Trinajstić information content (AvgIpc) is 2.35. The predicted octanol–water partition coefficient (Wildman–Crippen LogP) is 2.73. The molecule has 1 aromatic rings. The Morgan fingerprint density at radius 3 is 2.67 bits per heavy atom. The molecule has 2 rings (SSSR count). The smallest absolute Gasteiger partial charge is 0.120 e. The summed E-state index contributed by atoms with van der Waals surface area (Å²) in [5, 5.41) is 13.0. The van der Waals surface area contributed by atoms with Gasteiger partial charge >= 0.3 is 0 Å². The van der Waals surface area contributed by atoms with Crippen LogP contribution in [0, 0.1) is 0 Å². The van der Waals surface area contributed by atoms with E-state index in [1.807, 2.05) is 43.1 Å². The zero-order valence-electron chi connectivity index (χ0n) is 10.8. The number of phenols is 1. The van der Waals surface area contributed by atoms with E-state index in [0.717, 1.165) is 22.7 Å². The number of hydrogen-bond donors (Lipinski definition) is 2. The molecule has 3 nitrogen and oxygen atoms in total. The van der Waals surface area contributed by atoms with Crippen molar-refractivity contribution in [3.05, 3.63) is 65.7 Å². The lowest BCUT2D eigenvalue weighted by molar-refractivity contribution is 0.466. The summed E-state index contributed by atoms with van der Waals surface area (Å²) in [6.45, 7) is 6.63. The molecule has 0 radical (unpaired) electrons. The van der Waals surface area contributed by atoms with Crippen LogP contribution in [-0.2, 0) is 6.54 Å². The van der Waals surface area contributed by atoms with Crippen LogP contribution in [0.15, 0.2) is 60.1 Å². The van der Waals surface area contributed by atoms with Crippen LogP contribution in [0.2, 0.25) is 0 Å². The lowest BCUT2D eigenvalue weighted by atomic mass is 10.1. The van der Waals surface area contributed by atoms with Crippen LogP contribution in [0.4, 0.5) is 0 Å². The van der Waals surface area contributed by atoms with Gasteiger partial charge in [0, 0.05) is 36.2 Å². The maximum Gasteiger partial charge on any atom is 0.120 e. The van der Waals surface area contributed by atoms with Gasteiger partial charge in [-0.1, -0.05) is 24.8 Å². The van der Waals surface area contributed by atoms with Gasteiger partial charge in [0.25, 0.3) is 0 Å². The molecule has 0 saturated carbocycles. The third-order valence-corrected chi connectivity index (χ3v) is 3.12. The van der Waals surface area contributed by atoms with Gasteiger partial charge in [0.1, 0.15) is 5.75 Å². The minimum Gasteiger partial charge on any atom is -0.508 e. The van der Waals surface area contributed by atoms with Crippen LogP contribution in [0.1, 0.15) is 12.5 Å². The van der Waals surface area contributed by atoms with Crippen LogP contribution in [-0.4, -0.2) is 17.1 Å². The summed E-state index contributed by atoms with van der Waals surface area (Å²) in [6, 6.07) is 7.34. The van der Waals surface area contributed by atoms with Gasteiger partial charge in [0.15, 0.2) is 0 Å². The van der Waals surface area contributed by atoms with Crippen molar-refractivity contribution in [3.8, 4) is 5.75 Å². The normalized spacial score (nSPS) is 15.2. The highest BCUT2D eigenvalue weighted by Crippen LogP contribution is 2.20. The zero-order valence-corrected chi connectivity index (χ0v) is 10.8. The number of allylic oxidation sites excluding steroid dienone is 3. The molecule has 0 aromatic heterocycles. The monoisotopic (exact) mass is 242 g/mol. The molecular weight excluding hydrogens is 224 g/mol. The molecule has 0 saturated heterocycles. The first-order chi connectivity index (χ1) is 8.58. The van der Waals surface area contributed by atoms with Gasteiger partial charge in [-0.25, -0.2) is 0 Å². The second-order valence-electron chi connectivity index (χ2n) is 4.42. The van der Waals surface area contributed by atoms with Gasteiger partial charge in [-0.05, 0) is 25.1 Å². The number of phenolic OH excluding ortho intramolecular Hbond substituents is 1. The summed E-state index contributed by atoms with van der Waals surface area (Å²) in [5.74, 6) is 0.318. The van der Waals surface area contributed by atoms with Crippen LogP contribution in [0.5, 0.6) is 5.75 Å². The first kappa shape index (κ1) is 12.3. The van der Waals surface area contributed by atoms with Crippen molar-refractivity contribution in [1.82, 2.24) is 10.2 Å². The number of likely N-dealkylation sites (N-methyl/N-ethyl adjacent to an activating group) is 1. The van der Waals surface area contributed by atoms with E-state index in [4.69, 9.17) is 0 Å². The first-order valence-electron chi connectivity index (χ1n) is 5.91. The van der Waals surface area contributed by atoms with Gasteiger partial charge in [-0.15, -0.1) is 0 Å². The number of aromatic hydroxyl groups is 1. The second kappa shape index (κ2) is 5.00. The second-order valence-corrected chi connectivity index (χ2v) is 4.42. The number of nitrogens with one attached hydrogen (secondary N) is 1. The predicted molar refractivity (Wildman–Crippen MR) is 73.7 cm³/mol. The Labute approximate surface area is 108 Å². The Balaban J connectivity index is 2.06. The molecule has 3 heteroatoms. The van der Waals surface area contributed by atoms with Gasteiger partial charge in [-0.2, -0.15) is 0 Å². The fraction of sp³-hybridized carbons (Fsp3) is 0.200. The molecule has 18 heavy (non-hydrogen) atoms.